The van der Waals surface area contributed by atoms with Crippen LogP contribution in [0.2, 0.25) is 5.02 Å². The van der Waals surface area contributed by atoms with Crippen molar-refractivity contribution in [1.82, 2.24) is 0 Å². The molecule has 0 amide bonds. The third kappa shape index (κ3) is 3.90. The molecule has 17 heavy (non-hydrogen) atoms. The number of hydrogen-bond acceptors (Lipinski definition) is 2. The standard InChI is InChI=1S/C12H13ClO2.C2H6/c1-4-11-9(7-14)5-10(13)6-12(11)8(2)15-3;1-2/h5-7H,2,4H2,1,3H3;1-2H3. The van der Waals surface area contributed by atoms with E-state index in [1.165, 1.54) is 0 Å². The van der Waals surface area contributed by atoms with Crippen molar-refractivity contribution in [1.29, 1.82) is 0 Å². The Morgan fingerprint density at radius 3 is 2.47 bits per heavy atom. The molecule has 1 rings (SSSR count). The molecule has 0 bridgehead atoms. The van der Waals surface area contributed by atoms with Gasteiger partial charge in [0.05, 0.1) is 7.11 Å². The van der Waals surface area contributed by atoms with E-state index in [1.807, 2.05) is 20.8 Å². The molecule has 0 spiro atoms. The molecule has 0 aliphatic heterocycles. The zero-order valence-corrected chi connectivity index (χ0v) is 11.6. The van der Waals surface area contributed by atoms with E-state index >= 15 is 0 Å². The fraction of sp³-hybridized carbons (Fsp3) is 0.357. The van der Waals surface area contributed by atoms with Crippen molar-refractivity contribution < 1.29 is 9.53 Å². The lowest BCUT2D eigenvalue weighted by Gasteiger charge is -2.12. The third-order valence-electron chi connectivity index (χ3n) is 2.28. The zero-order chi connectivity index (χ0) is 13.4. The minimum absolute atomic E-state index is 0.516. The molecule has 0 heterocycles. The summed E-state index contributed by atoms with van der Waals surface area (Å²) < 4.78 is 5.06. The first-order valence-corrected chi connectivity index (χ1v) is 6.02. The summed E-state index contributed by atoms with van der Waals surface area (Å²) in [6.45, 7) is 9.75. The van der Waals surface area contributed by atoms with Crippen molar-refractivity contribution in [3.8, 4) is 0 Å². The molecule has 94 valence electrons. The predicted molar refractivity (Wildman–Crippen MR) is 73.6 cm³/mol. The summed E-state index contributed by atoms with van der Waals surface area (Å²) in [5.74, 6) is 0.525. The molecule has 0 radical (unpaired) electrons. The summed E-state index contributed by atoms with van der Waals surface area (Å²) in [4.78, 5) is 10.9. The van der Waals surface area contributed by atoms with Crippen LogP contribution in [0.1, 0.15) is 42.3 Å². The molecular formula is C14H19ClO2. The highest BCUT2D eigenvalue weighted by Crippen LogP contribution is 2.26. The van der Waals surface area contributed by atoms with Crippen molar-refractivity contribution >= 4 is 23.6 Å². The molecule has 0 atom stereocenters. The van der Waals surface area contributed by atoms with Gasteiger partial charge in [0.15, 0.2) is 0 Å². The van der Waals surface area contributed by atoms with Crippen LogP contribution < -0.4 is 0 Å². The second-order valence-electron chi connectivity index (χ2n) is 3.12. The topological polar surface area (TPSA) is 26.3 Å². The van der Waals surface area contributed by atoms with Gasteiger partial charge in [-0.25, -0.2) is 0 Å². The average molecular weight is 255 g/mol. The number of carbonyl (C=O) groups is 1. The van der Waals surface area contributed by atoms with E-state index in [9.17, 15) is 4.79 Å². The summed E-state index contributed by atoms with van der Waals surface area (Å²) >= 11 is 5.90. The van der Waals surface area contributed by atoms with Crippen LogP contribution in [-0.4, -0.2) is 13.4 Å². The summed E-state index contributed by atoms with van der Waals surface area (Å²) in [5, 5.41) is 0.516. The molecular weight excluding hydrogens is 236 g/mol. The summed E-state index contributed by atoms with van der Waals surface area (Å²) in [6.07, 6.45) is 1.54. The molecule has 0 fully saturated rings. The van der Waals surface area contributed by atoms with E-state index in [4.69, 9.17) is 16.3 Å². The maximum Gasteiger partial charge on any atom is 0.150 e. The highest BCUT2D eigenvalue weighted by atomic mass is 35.5. The van der Waals surface area contributed by atoms with Crippen LogP contribution in [0, 0.1) is 0 Å². The molecule has 2 nitrogen and oxygen atoms in total. The fourth-order valence-corrected chi connectivity index (χ4v) is 1.74. The van der Waals surface area contributed by atoms with E-state index in [1.54, 1.807) is 19.2 Å². The molecule has 0 saturated carbocycles. The van der Waals surface area contributed by atoms with Crippen molar-refractivity contribution in [2.75, 3.05) is 7.11 Å². The van der Waals surface area contributed by atoms with Crippen molar-refractivity contribution in [2.24, 2.45) is 0 Å². The van der Waals surface area contributed by atoms with Gasteiger partial charge in [-0.1, -0.05) is 39.0 Å². The van der Waals surface area contributed by atoms with E-state index < -0.39 is 0 Å². The van der Waals surface area contributed by atoms with Gasteiger partial charge in [-0.05, 0) is 24.1 Å². The van der Waals surface area contributed by atoms with Gasteiger partial charge in [-0.2, -0.15) is 0 Å². The van der Waals surface area contributed by atoms with Crippen LogP contribution in [-0.2, 0) is 11.2 Å². The first kappa shape index (κ1) is 15.7. The molecule has 0 aromatic heterocycles. The van der Waals surface area contributed by atoms with Crippen LogP contribution in [0.5, 0.6) is 0 Å². The molecule has 1 aromatic carbocycles. The van der Waals surface area contributed by atoms with Crippen LogP contribution in [0.4, 0.5) is 0 Å². The van der Waals surface area contributed by atoms with E-state index in [0.717, 1.165) is 23.8 Å². The quantitative estimate of drug-likeness (QED) is 0.590. The van der Waals surface area contributed by atoms with Gasteiger partial charge in [-0.15, -0.1) is 0 Å². The fourth-order valence-electron chi connectivity index (χ4n) is 1.52. The van der Waals surface area contributed by atoms with Gasteiger partial charge < -0.3 is 4.74 Å². The van der Waals surface area contributed by atoms with Crippen LogP contribution in [0.15, 0.2) is 18.7 Å². The van der Waals surface area contributed by atoms with Gasteiger partial charge in [0.1, 0.15) is 12.0 Å². The average Bonchev–Trinajstić information content (AvgIpc) is 2.38. The predicted octanol–water partition coefficient (Wildman–Crippen LogP) is 4.36. The lowest BCUT2D eigenvalue weighted by atomic mass is 9.98. The second-order valence-corrected chi connectivity index (χ2v) is 3.56. The van der Waals surface area contributed by atoms with Gasteiger partial charge >= 0.3 is 0 Å². The number of carbonyl (C=O) groups excluding carboxylic acids is 1. The Labute approximate surface area is 108 Å². The number of rotatable bonds is 4. The Morgan fingerprint density at radius 2 is 2.06 bits per heavy atom. The largest absolute Gasteiger partial charge is 0.497 e. The number of ether oxygens (including phenoxy) is 1. The van der Waals surface area contributed by atoms with Crippen molar-refractivity contribution in [2.45, 2.75) is 27.2 Å². The van der Waals surface area contributed by atoms with Crippen LogP contribution in [0.25, 0.3) is 5.76 Å². The van der Waals surface area contributed by atoms with Crippen molar-refractivity contribution in [3.05, 3.63) is 40.4 Å². The van der Waals surface area contributed by atoms with E-state index in [2.05, 4.69) is 6.58 Å². The highest BCUT2D eigenvalue weighted by molar-refractivity contribution is 6.31. The molecule has 3 heteroatoms. The summed E-state index contributed by atoms with van der Waals surface area (Å²) in [6, 6.07) is 3.42. The van der Waals surface area contributed by atoms with Gasteiger partial charge in [-0.3, -0.25) is 4.79 Å². The summed E-state index contributed by atoms with van der Waals surface area (Å²) in [5.41, 5.74) is 2.31. The van der Waals surface area contributed by atoms with E-state index in [0.29, 0.717) is 16.3 Å². The number of benzene rings is 1. The number of methoxy groups -OCH3 is 1. The second kappa shape index (κ2) is 7.91. The van der Waals surface area contributed by atoms with Gasteiger partial charge in [0.2, 0.25) is 0 Å². The first-order chi connectivity index (χ1) is 8.13. The normalized spacial score (nSPS) is 9.00. The lowest BCUT2D eigenvalue weighted by molar-refractivity contribution is 0.112. The third-order valence-corrected chi connectivity index (χ3v) is 2.49. The van der Waals surface area contributed by atoms with E-state index in [-0.39, 0.29) is 0 Å². The molecule has 0 saturated heterocycles. The maximum absolute atomic E-state index is 10.9. The Hall–Kier alpha value is -1.28. The van der Waals surface area contributed by atoms with Crippen LogP contribution >= 0.6 is 11.6 Å². The number of aldehydes is 1. The van der Waals surface area contributed by atoms with Crippen molar-refractivity contribution in [3.63, 3.8) is 0 Å². The summed E-state index contributed by atoms with van der Waals surface area (Å²) in [7, 11) is 1.54. The first-order valence-electron chi connectivity index (χ1n) is 5.64. The Kier molecular flexibility index (Phi) is 7.31. The Morgan fingerprint density at radius 1 is 1.47 bits per heavy atom. The smallest absolute Gasteiger partial charge is 0.150 e. The minimum Gasteiger partial charge on any atom is -0.497 e. The lowest BCUT2D eigenvalue weighted by Crippen LogP contribution is -1.99. The monoisotopic (exact) mass is 254 g/mol. The molecule has 0 aliphatic carbocycles. The SMILES string of the molecule is C=C(OC)c1cc(Cl)cc(C=O)c1CC.CC. The molecule has 0 aliphatic rings. The number of hydrogen-bond donors (Lipinski definition) is 0. The van der Waals surface area contributed by atoms with Gasteiger partial charge in [0, 0.05) is 16.1 Å². The number of halogens is 1. The van der Waals surface area contributed by atoms with Crippen LogP contribution in [0.3, 0.4) is 0 Å². The Bertz CT molecular complexity index is 397. The highest BCUT2D eigenvalue weighted by Gasteiger charge is 2.11. The zero-order valence-electron chi connectivity index (χ0n) is 10.8. The Balaban J connectivity index is 0.00000121. The minimum atomic E-state index is 0.516. The maximum atomic E-state index is 10.9. The van der Waals surface area contributed by atoms with Gasteiger partial charge in [0.25, 0.3) is 0 Å². The molecule has 1 aromatic rings. The molecule has 0 N–H and O–H groups in total. The molecule has 0 unspecified atom stereocenters.